The lowest BCUT2D eigenvalue weighted by molar-refractivity contribution is -0.122. The zero-order valence-corrected chi connectivity index (χ0v) is 18.8. The molecule has 0 spiro atoms. The van der Waals surface area contributed by atoms with E-state index in [1.807, 2.05) is 60.7 Å². The largest absolute Gasteiger partial charge is 0.274 e. The molecule has 1 saturated carbocycles. The molecular formula is C28H20BrNO2. The summed E-state index contributed by atoms with van der Waals surface area (Å²) in [6.45, 7) is 0. The fourth-order valence-electron chi connectivity index (χ4n) is 5.65. The van der Waals surface area contributed by atoms with Crippen molar-refractivity contribution >= 4 is 39.0 Å². The van der Waals surface area contributed by atoms with Gasteiger partial charge in [-0.25, -0.2) is 4.90 Å². The van der Waals surface area contributed by atoms with E-state index in [4.69, 9.17) is 0 Å². The zero-order valence-electron chi connectivity index (χ0n) is 17.2. The lowest BCUT2D eigenvalue weighted by Crippen LogP contribution is -2.33. The number of fused-ring (bicyclic) bond motifs is 5. The molecule has 2 amide bonds. The summed E-state index contributed by atoms with van der Waals surface area (Å²) in [7, 11) is 0. The van der Waals surface area contributed by atoms with E-state index >= 15 is 0 Å². The second kappa shape index (κ2) is 7.42. The highest BCUT2D eigenvalue weighted by Gasteiger charge is 2.62. The van der Waals surface area contributed by atoms with Gasteiger partial charge in [0, 0.05) is 16.3 Å². The monoisotopic (exact) mass is 481 g/mol. The van der Waals surface area contributed by atoms with Crippen molar-refractivity contribution in [3.63, 3.8) is 0 Å². The maximum Gasteiger partial charge on any atom is 0.238 e. The molecule has 32 heavy (non-hydrogen) atoms. The van der Waals surface area contributed by atoms with Gasteiger partial charge in [0.25, 0.3) is 0 Å². The molecule has 3 nitrogen and oxygen atoms in total. The van der Waals surface area contributed by atoms with Gasteiger partial charge in [0.1, 0.15) is 0 Å². The first kappa shape index (κ1) is 19.4. The minimum absolute atomic E-state index is 0.0580. The number of amides is 2. The minimum Gasteiger partial charge on any atom is -0.274 e. The van der Waals surface area contributed by atoms with Crippen molar-refractivity contribution in [2.24, 2.45) is 23.7 Å². The third kappa shape index (κ3) is 2.79. The normalized spacial score (nSPS) is 25.5. The number of nitrogens with zero attached hydrogens (tertiary/aromatic N) is 1. The van der Waals surface area contributed by atoms with Crippen LogP contribution in [0.25, 0.3) is 5.57 Å². The number of anilines is 1. The number of hydrogen-bond donors (Lipinski definition) is 0. The number of imide groups is 1. The highest BCUT2D eigenvalue weighted by atomic mass is 79.9. The third-order valence-corrected chi connectivity index (χ3v) is 7.44. The Hall–Kier alpha value is -3.24. The summed E-state index contributed by atoms with van der Waals surface area (Å²) < 4.78 is 0.919. The molecule has 1 heterocycles. The SMILES string of the molecule is O=C1[C@@H]2[C@H](C(=O)N1c1ccc(Br)cc1)[C@H]1C=C[C@H]2C1=C(c1ccccc1)c1ccccc1. The van der Waals surface area contributed by atoms with Crippen LogP contribution in [0, 0.1) is 23.7 Å². The number of benzene rings is 3. The van der Waals surface area contributed by atoms with Crippen molar-refractivity contribution in [3.05, 3.63) is 118 Å². The van der Waals surface area contributed by atoms with Crippen LogP contribution in [0.15, 0.2) is 107 Å². The van der Waals surface area contributed by atoms with Crippen LogP contribution in [-0.2, 0) is 9.59 Å². The summed E-state index contributed by atoms with van der Waals surface area (Å²) in [5.74, 6) is -0.957. The van der Waals surface area contributed by atoms with Gasteiger partial charge < -0.3 is 0 Å². The average Bonchev–Trinajstić information content (AvgIpc) is 3.46. The molecule has 3 aromatic carbocycles. The Morgan fingerprint density at radius 2 is 1.12 bits per heavy atom. The number of allylic oxidation sites excluding steroid dienone is 3. The highest BCUT2D eigenvalue weighted by molar-refractivity contribution is 9.10. The van der Waals surface area contributed by atoms with Gasteiger partial charge in [-0.1, -0.05) is 88.7 Å². The van der Waals surface area contributed by atoms with E-state index in [1.165, 1.54) is 10.5 Å². The summed E-state index contributed by atoms with van der Waals surface area (Å²) in [5.41, 5.74) is 5.24. The fourth-order valence-corrected chi connectivity index (χ4v) is 5.92. The smallest absolute Gasteiger partial charge is 0.238 e. The molecule has 6 rings (SSSR count). The molecular weight excluding hydrogens is 462 g/mol. The van der Waals surface area contributed by atoms with Crippen LogP contribution in [0.3, 0.4) is 0 Å². The van der Waals surface area contributed by atoms with Crippen molar-refractivity contribution in [1.29, 1.82) is 0 Å². The first-order chi connectivity index (χ1) is 15.6. The van der Waals surface area contributed by atoms with Gasteiger partial charge >= 0.3 is 0 Å². The molecule has 1 aliphatic heterocycles. The van der Waals surface area contributed by atoms with Crippen molar-refractivity contribution < 1.29 is 9.59 Å². The first-order valence-electron chi connectivity index (χ1n) is 10.8. The Morgan fingerprint density at radius 1 is 0.656 bits per heavy atom. The van der Waals surface area contributed by atoms with E-state index in [9.17, 15) is 9.59 Å². The van der Waals surface area contributed by atoms with Gasteiger partial charge in [0.2, 0.25) is 11.8 Å². The van der Waals surface area contributed by atoms with Crippen LogP contribution >= 0.6 is 15.9 Å². The molecule has 2 bridgehead atoms. The predicted octanol–water partition coefficient (Wildman–Crippen LogP) is 5.87. The van der Waals surface area contributed by atoms with Gasteiger partial charge in [0.05, 0.1) is 17.5 Å². The van der Waals surface area contributed by atoms with Gasteiger partial charge in [-0.05, 0) is 46.5 Å². The molecule has 2 aliphatic carbocycles. The molecule has 0 radical (unpaired) electrons. The molecule has 3 aliphatic rings. The Balaban J connectivity index is 1.48. The van der Waals surface area contributed by atoms with Crippen molar-refractivity contribution in [3.8, 4) is 0 Å². The fraction of sp³-hybridized carbons (Fsp3) is 0.143. The lowest BCUT2D eigenvalue weighted by atomic mass is 9.85. The van der Waals surface area contributed by atoms with Gasteiger partial charge in [0.15, 0.2) is 0 Å². The topological polar surface area (TPSA) is 37.4 Å². The van der Waals surface area contributed by atoms with Crippen LogP contribution in [0.5, 0.6) is 0 Å². The molecule has 3 aromatic rings. The van der Waals surface area contributed by atoms with Crippen LogP contribution in [-0.4, -0.2) is 11.8 Å². The lowest BCUT2D eigenvalue weighted by Gasteiger charge is -2.21. The standard InChI is InChI=1S/C28H20BrNO2/c29-19-11-13-20(14-12-19)30-27(31)25-21-15-16-22(26(25)28(30)32)24(21)23(17-7-3-1-4-8-17)18-9-5-2-6-10-18/h1-16,21-22,25-26H/t21-,22-,25-,26+/m0/s1. The van der Waals surface area contributed by atoms with Crippen LogP contribution in [0.1, 0.15) is 11.1 Å². The van der Waals surface area contributed by atoms with E-state index in [0.717, 1.165) is 21.2 Å². The molecule has 1 saturated heterocycles. The van der Waals surface area contributed by atoms with E-state index in [-0.39, 0.29) is 35.5 Å². The molecule has 156 valence electrons. The summed E-state index contributed by atoms with van der Waals surface area (Å²) in [6.07, 6.45) is 4.28. The second-order valence-electron chi connectivity index (χ2n) is 8.54. The molecule has 4 heteroatoms. The summed E-state index contributed by atoms with van der Waals surface area (Å²) in [6, 6.07) is 28.0. The highest BCUT2D eigenvalue weighted by Crippen LogP contribution is 2.58. The maximum absolute atomic E-state index is 13.6. The van der Waals surface area contributed by atoms with Crippen molar-refractivity contribution in [1.82, 2.24) is 0 Å². The second-order valence-corrected chi connectivity index (χ2v) is 9.45. The van der Waals surface area contributed by atoms with Crippen LogP contribution in [0.4, 0.5) is 5.69 Å². The van der Waals surface area contributed by atoms with Crippen molar-refractivity contribution in [2.45, 2.75) is 0 Å². The van der Waals surface area contributed by atoms with E-state index in [1.54, 1.807) is 0 Å². The molecule has 4 atom stereocenters. The zero-order chi connectivity index (χ0) is 21.8. The molecule has 2 fully saturated rings. The summed E-state index contributed by atoms with van der Waals surface area (Å²) >= 11 is 3.43. The Kier molecular flexibility index (Phi) is 4.51. The Bertz CT molecular complexity index is 1200. The minimum atomic E-state index is -0.335. The van der Waals surface area contributed by atoms with Crippen LogP contribution < -0.4 is 4.90 Å². The Morgan fingerprint density at radius 3 is 1.59 bits per heavy atom. The maximum atomic E-state index is 13.6. The average molecular weight is 482 g/mol. The van der Waals surface area contributed by atoms with E-state index < -0.39 is 0 Å². The Labute approximate surface area is 195 Å². The quantitative estimate of drug-likeness (QED) is 0.346. The predicted molar refractivity (Wildman–Crippen MR) is 129 cm³/mol. The first-order valence-corrected chi connectivity index (χ1v) is 11.6. The number of rotatable bonds is 3. The third-order valence-electron chi connectivity index (χ3n) is 6.91. The van der Waals surface area contributed by atoms with Gasteiger partial charge in [-0.15, -0.1) is 0 Å². The van der Waals surface area contributed by atoms with Gasteiger partial charge in [-0.2, -0.15) is 0 Å². The molecule has 0 aromatic heterocycles. The number of carbonyl (C=O) groups excluding carboxylic acids is 2. The van der Waals surface area contributed by atoms with Crippen LogP contribution in [0.2, 0.25) is 0 Å². The molecule has 0 unspecified atom stereocenters. The van der Waals surface area contributed by atoms with Gasteiger partial charge in [-0.3, -0.25) is 9.59 Å². The summed E-state index contributed by atoms with van der Waals surface area (Å²) in [5, 5.41) is 0. The number of hydrogen-bond acceptors (Lipinski definition) is 2. The number of halogens is 1. The molecule has 0 N–H and O–H groups in total. The van der Waals surface area contributed by atoms with E-state index in [2.05, 4.69) is 52.3 Å². The van der Waals surface area contributed by atoms with Crippen molar-refractivity contribution in [2.75, 3.05) is 4.90 Å². The summed E-state index contributed by atoms with van der Waals surface area (Å²) in [4.78, 5) is 28.5. The number of carbonyl (C=O) groups is 2. The van der Waals surface area contributed by atoms with E-state index in [0.29, 0.717) is 5.69 Å².